The topological polar surface area (TPSA) is 142 Å². The zero-order chi connectivity index (χ0) is 27.3. The molecule has 8 nitrogen and oxygen atoms in total. The fraction of sp³-hybridized carbons (Fsp3) is 0.483. The molecule has 38 heavy (non-hydrogen) atoms. The van der Waals surface area contributed by atoms with Gasteiger partial charge in [0.25, 0.3) is 0 Å². The number of primary amides is 1. The highest BCUT2D eigenvalue weighted by atomic mass is 32.2. The van der Waals surface area contributed by atoms with Gasteiger partial charge in [0.15, 0.2) is 0 Å². The number of nitrogens with one attached hydrogen (secondary N) is 2. The van der Waals surface area contributed by atoms with Crippen molar-refractivity contribution in [1.29, 1.82) is 5.26 Å². The maximum atomic E-state index is 13.1. The van der Waals surface area contributed by atoms with Crippen molar-refractivity contribution in [3.05, 3.63) is 54.1 Å². The molecule has 2 aromatic carbocycles. The second kappa shape index (κ2) is 9.51. The third kappa shape index (κ3) is 5.07. The van der Waals surface area contributed by atoms with E-state index in [0.717, 1.165) is 43.2 Å². The lowest BCUT2D eigenvalue weighted by Crippen LogP contribution is -2.62. The van der Waals surface area contributed by atoms with Crippen LogP contribution in [0.5, 0.6) is 0 Å². The second-order valence-electron chi connectivity index (χ2n) is 12.1. The molecule has 0 spiro atoms. The Morgan fingerprint density at radius 2 is 1.55 bits per heavy atom. The molecular weight excluding hydrogens is 500 g/mol. The van der Waals surface area contributed by atoms with Gasteiger partial charge in [-0.1, -0.05) is 24.3 Å². The van der Waals surface area contributed by atoms with E-state index in [1.54, 1.807) is 38.1 Å². The maximum absolute atomic E-state index is 13.1. The highest BCUT2D eigenvalue weighted by Gasteiger charge is 2.58. The molecule has 2 unspecified atom stereocenters. The first-order valence-corrected chi connectivity index (χ1v) is 14.6. The maximum Gasteiger partial charge on any atom is 0.241 e. The minimum atomic E-state index is -3.86. The van der Waals surface area contributed by atoms with Gasteiger partial charge in [0.05, 0.1) is 16.5 Å². The van der Waals surface area contributed by atoms with Crippen LogP contribution in [0.2, 0.25) is 0 Å². The van der Waals surface area contributed by atoms with Crippen molar-refractivity contribution in [3.63, 3.8) is 0 Å². The smallest absolute Gasteiger partial charge is 0.241 e. The van der Waals surface area contributed by atoms with Gasteiger partial charge < -0.3 is 11.1 Å². The number of sulfonamides is 1. The van der Waals surface area contributed by atoms with Crippen molar-refractivity contribution < 1.29 is 18.0 Å². The van der Waals surface area contributed by atoms with Crippen molar-refractivity contribution in [1.82, 2.24) is 10.0 Å². The second-order valence-corrected chi connectivity index (χ2v) is 13.8. The summed E-state index contributed by atoms with van der Waals surface area (Å²) in [4.78, 5) is 25.4. The van der Waals surface area contributed by atoms with E-state index < -0.39 is 21.0 Å². The van der Waals surface area contributed by atoms with Gasteiger partial charge >= 0.3 is 0 Å². The molecule has 0 aliphatic heterocycles. The van der Waals surface area contributed by atoms with E-state index >= 15 is 0 Å². The van der Waals surface area contributed by atoms with E-state index in [4.69, 9.17) is 11.0 Å². The highest BCUT2D eigenvalue weighted by molar-refractivity contribution is 7.89. The summed E-state index contributed by atoms with van der Waals surface area (Å²) < 4.78 is 28.9. The normalized spacial score (nSPS) is 28.0. The summed E-state index contributed by atoms with van der Waals surface area (Å²) in [6.07, 6.45) is 4.34. The van der Waals surface area contributed by atoms with Crippen LogP contribution in [0.1, 0.15) is 57.9 Å². The van der Waals surface area contributed by atoms with Gasteiger partial charge in [-0.2, -0.15) is 5.26 Å². The summed E-state index contributed by atoms with van der Waals surface area (Å²) in [6, 6.07) is 15.7. The predicted octanol–water partition coefficient (Wildman–Crippen LogP) is 3.47. The number of amides is 2. The van der Waals surface area contributed by atoms with E-state index in [2.05, 4.69) is 16.1 Å². The third-order valence-corrected chi connectivity index (χ3v) is 10.4. The first kappa shape index (κ1) is 26.4. The van der Waals surface area contributed by atoms with Crippen LogP contribution in [-0.2, 0) is 19.6 Å². The molecule has 0 radical (unpaired) electrons. The van der Waals surface area contributed by atoms with Crippen LogP contribution in [0.4, 0.5) is 0 Å². The molecule has 6 rings (SSSR count). The Kier molecular flexibility index (Phi) is 6.60. The molecule has 4 aliphatic rings. The molecule has 200 valence electrons. The molecule has 4 fully saturated rings. The minimum absolute atomic E-state index is 0.00408. The molecule has 0 aromatic heterocycles. The lowest BCUT2D eigenvalue weighted by molar-refractivity contribution is -0.147. The molecule has 9 heteroatoms. The zero-order valence-corrected chi connectivity index (χ0v) is 22.6. The first-order chi connectivity index (χ1) is 17.9. The summed E-state index contributed by atoms with van der Waals surface area (Å²) in [7, 11) is -3.86. The number of carbonyl (C=O) groups excluding carboxylic acids is 2. The Labute approximate surface area is 224 Å². The number of nitrogens with two attached hydrogens (primary N) is 1. The summed E-state index contributed by atoms with van der Waals surface area (Å²) >= 11 is 0. The summed E-state index contributed by atoms with van der Waals surface area (Å²) in [5.41, 5.74) is 6.63. The molecule has 2 amide bonds. The SMILES string of the molecule is CC(C)(CC(=O)NC1C2CC3CC1CC(C(N)=O)(C3)C2)NS(=O)(=O)c1ccc(-c2ccc(C#N)cc2)cc1. The largest absolute Gasteiger partial charge is 0.369 e. The van der Waals surface area contributed by atoms with Crippen LogP contribution in [-0.4, -0.2) is 31.8 Å². The number of rotatable bonds is 8. The van der Waals surface area contributed by atoms with Crippen LogP contribution in [0, 0.1) is 34.5 Å². The Balaban J connectivity index is 1.21. The van der Waals surface area contributed by atoms with Crippen molar-refractivity contribution in [3.8, 4) is 17.2 Å². The van der Waals surface area contributed by atoms with Crippen molar-refractivity contribution in [2.45, 2.75) is 68.8 Å². The fourth-order valence-corrected chi connectivity index (χ4v) is 8.63. The van der Waals surface area contributed by atoms with E-state index in [1.165, 1.54) is 12.1 Å². The van der Waals surface area contributed by atoms with Crippen LogP contribution >= 0.6 is 0 Å². The average Bonchev–Trinajstić information content (AvgIpc) is 2.85. The quantitative estimate of drug-likeness (QED) is 0.475. The Morgan fingerprint density at radius 1 is 1.00 bits per heavy atom. The number of hydrogen-bond acceptors (Lipinski definition) is 5. The molecule has 0 saturated heterocycles. The summed E-state index contributed by atoms with van der Waals surface area (Å²) in [5.74, 6) is 0.584. The minimum Gasteiger partial charge on any atom is -0.369 e. The predicted molar refractivity (Wildman–Crippen MR) is 143 cm³/mol. The van der Waals surface area contributed by atoms with Gasteiger partial charge in [-0.25, -0.2) is 13.1 Å². The Hall–Kier alpha value is -3.22. The number of benzene rings is 2. The summed E-state index contributed by atoms with van der Waals surface area (Å²) in [5, 5.41) is 12.2. The summed E-state index contributed by atoms with van der Waals surface area (Å²) in [6.45, 7) is 3.41. The molecule has 4 bridgehead atoms. The molecule has 4 N–H and O–H groups in total. The number of nitriles is 1. The van der Waals surface area contributed by atoms with Gasteiger partial charge in [-0.05, 0) is 99.1 Å². The first-order valence-electron chi connectivity index (χ1n) is 13.1. The fourth-order valence-electron chi connectivity index (χ4n) is 7.22. The standard InChI is InChI=1S/C29H34N4O4S/c1-28(2,16-25(34)32-26-22-11-19-12-23(26)15-29(13-19,14-22)27(31)35)33-38(36,37)24-9-7-21(8-10-24)20-5-3-18(17-30)4-6-20/h3-10,19,22-23,26,33H,11-16H2,1-2H3,(H2,31,35)(H,32,34). The monoisotopic (exact) mass is 534 g/mol. The molecule has 2 aromatic rings. The molecule has 2 atom stereocenters. The number of nitrogens with zero attached hydrogens (tertiary/aromatic N) is 1. The zero-order valence-electron chi connectivity index (χ0n) is 21.7. The van der Waals surface area contributed by atoms with E-state index in [-0.39, 0.29) is 41.0 Å². The average molecular weight is 535 g/mol. The Bertz CT molecular complexity index is 1380. The molecular formula is C29H34N4O4S. The molecule has 0 heterocycles. The van der Waals surface area contributed by atoms with Gasteiger partial charge in [0, 0.05) is 23.4 Å². The van der Waals surface area contributed by atoms with Crippen LogP contribution in [0.3, 0.4) is 0 Å². The van der Waals surface area contributed by atoms with Gasteiger partial charge in [0.1, 0.15) is 0 Å². The van der Waals surface area contributed by atoms with Crippen LogP contribution in [0.15, 0.2) is 53.4 Å². The molecule has 4 aliphatic carbocycles. The van der Waals surface area contributed by atoms with E-state index in [0.29, 0.717) is 11.5 Å². The van der Waals surface area contributed by atoms with E-state index in [1.807, 2.05) is 12.1 Å². The third-order valence-electron chi connectivity index (χ3n) is 8.65. The Morgan fingerprint density at radius 3 is 2.08 bits per heavy atom. The molecule has 4 saturated carbocycles. The lowest BCUT2D eigenvalue weighted by Gasteiger charge is -2.58. The van der Waals surface area contributed by atoms with Gasteiger partial charge in [0.2, 0.25) is 21.8 Å². The van der Waals surface area contributed by atoms with Crippen molar-refractivity contribution in [2.75, 3.05) is 0 Å². The van der Waals surface area contributed by atoms with E-state index in [9.17, 15) is 18.0 Å². The van der Waals surface area contributed by atoms with Crippen molar-refractivity contribution in [2.24, 2.45) is 28.9 Å². The van der Waals surface area contributed by atoms with Gasteiger partial charge in [-0.3, -0.25) is 9.59 Å². The lowest BCUT2D eigenvalue weighted by atomic mass is 9.47. The van der Waals surface area contributed by atoms with Crippen molar-refractivity contribution >= 4 is 21.8 Å². The number of carbonyl (C=O) groups is 2. The van der Waals surface area contributed by atoms with Crippen LogP contribution < -0.4 is 15.8 Å². The highest BCUT2D eigenvalue weighted by Crippen LogP contribution is 2.59. The number of hydrogen-bond donors (Lipinski definition) is 3. The van der Waals surface area contributed by atoms with Gasteiger partial charge in [-0.15, -0.1) is 0 Å². The van der Waals surface area contributed by atoms with Crippen LogP contribution in [0.25, 0.3) is 11.1 Å².